The van der Waals surface area contributed by atoms with E-state index in [2.05, 4.69) is 5.10 Å². The molecule has 1 fully saturated rings. The third-order valence-corrected chi connectivity index (χ3v) is 6.57. The molecule has 0 amide bonds. The molecule has 2 rings (SSSR count). The largest absolute Gasteiger partial charge is 0.271 e. The van der Waals surface area contributed by atoms with Crippen molar-refractivity contribution in [3.8, 4) is 0 Å². The summed E-state index contributed by atoms with van der Waals surface area (Å²) in [5, 5.41) is 4.25. The highest BCUT2D eigenvalue weighted by molar-refractivity contribution is 7.89. The molecule has 0 aliphatic carbocycles. The number of sulfonamides is 1. The number of aryl methyl sites for hydroxylation is 2. The summed E-state index contributed by atoms with van der Waals surface area (Å²) in [6.07, 6.45) is 0.695. The Morgan fingerprint density at radius 2 is 2.00 bits per heavy atom. The smallest absolute Gasteiger partial charge is 0.246 e. The number of nitrogens with zero attached hydrogens (tertiary/aromatic N) is 3. The van der Waals surface area contributed by atoms with E-state index in [4.69, 9.17) is 11.6 Å². The molecule has 0 spiro atoms. The van der Waals surface area contributed by atoms with Crippen LogP contribution in [-0.4, -0.2) is 41.0 Å². The first-order chi connectivity index (χ1) is 8.75. The quantitative estimate of drug-likeness (QED) is 0.781. The van der Waals surface area contributed by atoms with Crippen molar-refractivity contribution in [1.29, 1.82) is 0 Å². The van der Waals surface area contributed by atoms with Crippen LogP contribution < -0.4 is 0 Å². The maximum Gasteiger partial charge on any atom is 0.246 e. The number of halogens is 1. The molecule has 1 aliphatic rings. The number of hydrogen-bond donors (Lipinski definition) is 0. The normalized spacial score (nSPS) is 25.7. The summed E-state index contributed by atoms with van der Waals surface area (Å²) >= 11 is 6.16. The van der Waals surface area contributed by atoms with Gasteiger partial charge in [-0.25, -0.2) is 8.42 Å². The van der Waals surface area contributed by atoms with E-state index in [-0.39, 0.29) is 11.3 Å². The van der Waals surface area contributed by atoms with Gasteiger partial charge in [-0.05, 0) is 26.2 Å². The zero-order valence-corrected chi connectivity index (χ0v) is 13.3. The number of piperidine rings is 1. The fourth-order valence-electron chi connectivity index (χ4n) is 2.55. The van der Waals surface area contributed by atoms with Crippen LogP contribution in [0, 0.1) is 19.8 Å². The van der Waals surface area contributed by atoms with E-state index in [1.54, 1.807) is 25.6 Å². The first kappa shape index (κ1) is 14.8. The molecule has 7 heteroatoms. The maximum atomic E-state index is 12.7. The highest BCUT2D eigenvalue weighted by atomic mass is 35.5. The van der Waals surface area contributed by atoms with E-state index in [0.717, 1.165) is 0 Å². The highest BCUT2D eigenvalue weighted by Crippen LogP contribution is 2.29. The summed E-state index contributed by atoms with van der Waals surface area (Å²) in [5.41, 5.74) is 1.24. The Labute approximate surface area is 119 Å². The predicted octanol–water partition coefficient (Wildman–Crippen LogP) is 1.67. The van der Waals surface area contributed by atoms with Gasteiger partial charge in [-0.1, -0.05) is 6.92 Å². The van der Waals surface area contributed by atoms with E-state index in [9.17, 15) is 8.42 Å². The zero-order chi connectivity index (χ0) is 14.4. The van der Waals surface area contributed by atoms with Gasteiger partial charge in [0, 0.05) is 25.5 Å². The van der Waals surface area contributed by atoms with Crippen molar-refractivity contribution in [3.05, 3.63) is 11.4 Å². The molecule has 108 valence electrons. The van der Waals surface area contributed by atoms with Crippen LogP contribution in [0.25, 0.3) is 0 Å². The van der Waals surface area contributed by atoms with Gasteiger partial charge in [0.2, 0.25) is 10.0 Å². The molecule has 1 saturated heterocycles. The van der Waals surface area contributed by atoms with Gasteiger partial charge in [0.1, 0.15) is 4.90 Å². The van der Waals surface area contributed by atoms with Crippen LogP contribution >= 0.6 is 11.6 Å². The summed E-state index contributed by atoms with van der Waals surface area (Å²) in [6, 6.07) is 0. The lowest BCUT2D eigenvalue weighted by Gasteiger charge is -2.33. The molecule has 1 aromatic rings. The van der Waals surface area contributed by atoms with E-state index < -0.39 is 10.0 Å². The summed E-state index contributed by atoms with van der Waals surface area (Å²) in [7, 11) is -1.71. The van der Waals surface area contributed by atoms with Crippen molar-refractivity contribution in [2.24, 2.45) is 13.0 Å². The van der Waals surface area contributed by atoms with E-state index in [1.165, 1.54) is 4.31 Å². The first-order valence-corrected chi connectivity index (χ1v) is 8.27. The summed E-state index contributed by atoms with van der Waals surface area (Å²) in [6.45, 7) is 6.46. The number of alkyl halides is 1. The molecule has 1 aliphatic heterocycles. The molecular weight excluding hydrogens is 286 g/mol. The second kappa shape index (κ2) is 5.07. The van der Waals surface area contributed by atoms with Crippen LogP contribution in [0.2, 0.25) is 0 Å². The zero-order valence-electron chi connectivity index (χ0n) is 11.7. The van der Waals surface area contributed by atoms with Gasteiger partial charge in [-0.2, -0.15) is 9.40 Å². The van der Waals surface area contributed by atoms with Gasteiger partial charge in [0.05, 0.1) is 11.4 Å². The lowest BCUT2D eigenvalue weighted by atomic mass is 10.0. The van der Waals surface area contributed by atoms with Crippen molar-refractivity contribution in [2.75, 3.05) is 13.1 Å². The number of aromatic nitrogens is 2. The van der Waals surface area contributed by atoms with Crippen molar-refractivity contribution in [1.82, 2.24) is 14.1 Å². The topological polar surface area (TPSA) is 55.2 Å². The molecule has 0 aromatic carbocycles. The first-order valence-electron chi connectivity index (χ1n) is 6.39. The molecule has 0 N–H and O–H groups in total. The van der Waals surface area contributed by atoms with Crippen LogP contribution in [0.1, 0.15) is 24.7 Å². The maximum absolute atomic E-state index is 12.7. The Bertz CT molecular complexity index is 582. The Balaban J connectivity index is 2.38. The van der Waals surface area contributed by atoms with Gasteiger partial charge in [0.25, 0.3) is 0 Å². The Morgan fingerprint density at radius 3 is 2.47 bits per heavy atom. The SMILES string of the molecule is Cc1nn(C)c(C)c1S(=O)(=O)N1CCC(Cl)C(C)C1. The minimum Gasteiger partial charge on any atom is -0.271 e. The molecule has 2 heterocycles. The van der Waals surface area contributed by atoms with Gasteiger partial charge in [-0.15, -0.1) is 11.6 Å². The van der Waals surface area contributed by atoms with E-state index in [0.29, 0.717) is 35.8 Å². The van der Waals surface area contributed by atoms with Gasteiger partial charge in [0.15, 0.2) is 0 Å². The minimum atomic E-state index is -3.47. The minimum absolute atomic E-state index is 0.0579. The molecule has 0 radical (unpaired) electrons. The molecule has 0 saturated carbocycles. The number of hydrogen-bond acceptors (Lipinski definition) is 3. The van der Waals surface area contributed by atoms with E-state index >= 15 is 0 Å². The molecule has 1 aromatic heterocycles. The Kier molecular flexibility index (Phi) is 3.95. The monoisotopic (exact) mass is 305 g/mol. The van der Waals surface area contributed by atoms with Gasteiger partial charge in [-0.3, -0.25) is 4.68 Å². The summed E-state index contributed by atoms with van der Waals surface area (Å²) in [4.78, 5) is 0.343. The van der Waals surface area contributed by atoms with Crippen LogP contribution in [0.3, 0.4) is 0 Å². The molecule has 2 atom stereocenters. The van der Waals surface area contributed by atoms with Gasteiger partial charge < -0.3 is 0 Å². The van der Waals surface area contributed by atoms with Crippen molar-refractivity contribution in [3.63, 3.8) is 0 Å². The highest BCUT2D eigenvalue weighted by Gasteiger charge is 2.35. The summed E-state index contributed by atoms with van der Waals surface area (Å²) < 4.78 is 28.6. The molecule has 5 nitrogen and oxygen atoms in total. The third-order valence-electron chi connectivity index (χ3n) is 3.80. The van der Waals surface area contributed by atoms with Crippen molar-refractivity contribution >= 4 is 21.6 Å². The van der Waals surface area contributed by atoms with E-state index in [1.807, 2.05) is 6.92 Å². The third kappa shape index (κ3) is 2.53. The fourth-order valence-corrected chi connectivity index (χ4v) is 4.69. The summed E-state index contributed by atoms with van der Waals surface area (Å²) in [5.74, 6) is 0.169. The average molecular weight is 306 g/mol. The van der Waals surface area contributed by atoms with Crippen LogP contribution in [-0.2, 0) is 17.1 Å². The fraction of sp³-hybridized carbons (Fsp3) is 0.750. The van der Waals surface area contributed by atoms with Gasteiger partial charge >= 0.3 is 0 Å². The van der Waals surface area contributed by atoms with Crippen molar-refractivity contribution < 1.29 is 8.42 Å². The Hall–Kier alpha value is -0.590. The molecule has 0 bridgehead atoms. The second-order valence-corrected chi connectivity index (χ2v) is 7.70. The molecular formula is C12H20ClN3O2S. The number of rotatable bonds is 2. The average Bonchev–Trinajstić information content (AvgIpc) is 2.57. The van der Waals surface area contributed by atoms with Crippen LogP contribution in [0.4, 0.5) is 0 Å². The van der Waals surface area contributed by atoms with Crippen LogP contribution in [0.5, 0.6) is 0 Å². The van der Waals surface area contributed by atoms with Crippen LogP contribution in [0.15, 0.2) is 4.90 Å². The molecule has 2 unspecified atom stereocenters. The van der Waals surface area contributed by atoms with Crippen molar-refractivity contribution in [2.45, 2.75) is 37.5 Å². The standard InChI is InChI=1S/C12H20ClN3O2S/c1-8-7-16(6-5-11(8)13)19(17,18)12-9(2)14-15(4)10(12)3/h8,11H,5-7H2,1-4H3. The second-order valence-electron chi connectivity index (χ2n) is 5.27. The molecule has 19 heavy (non-hydrogen) atoms. The lowest BCUT2D eigenvalue weighted by Crippen LogP contribution is -2.43. The lowest BCUT2D eigenvalue weighted by molar-refractivity contribution is 0.286. The predicted molar refractivity (Wildman–Crippen MR) is 74.9 cm³/mol. The Morgan fingerprint density at radius 1 is 1.37 bits per heavy atom.